The number of hydrogen-bond acceptors (Lipinski definition) is 3. The van der Waals surface area contributed by atoms with Gasteiger partial charge in [0.25, 0.3) is 0 Å². The Hall–Kier alpha value is -1.71. The van der Waals surface area contributed by atoms with Crippen molar-refractivity contribution in [2.45, 2.75) is 25.9 Å². The van der Waals surface area contributed by atoms with Crippen LogP contribution in [0.5, 0.6) is 11.5 Å². The predicted octanol–water partition coefficient (Wildman–Crippen LogP) is 4.30. The van der Waals surface area contributed by atoms with Crippen molar-refractivity contribution in [2.24, 2.45) is 0 Å². The molecule has 0 aromatic heterocycles. The minimum Gasteiger partial charge on any atom is -0.508 e. The van der Waals surface area contributed by atoms with Crippen LogP contribution < -0.4 is 10.1 Å². The number of hydrogen-bond donors (Lipinski definition) is 2. The molecule has 0 spiro atoms. The first kappa shape index (κ1) is 15.7. The number of aromatic hydroxyl groups is 1. The number of benzene rings is 2. The van der Waals surface area contributed by atoms with Gasteiger partial charge in [0.05, 0.1) is 7.11 Å². The molecule has 21 heavy (non-hydrogen) atoms. The van der Waals surface area contributed by atoms with Crippen LogP contribution in [0.15, 0.2) is 42.5 Å². The minimum absolute atomic E-state index is 0.136. The smallest absolute Gasteiger partial charge is 0.123 e. The molecule has 2 rings (SSSR count). The van der Waals surface area contributed by atoms with E-state index in [4.69, 9.17) is 16.3 Å². The predicted molar refractivity (Wildman–Crippen MR) is 86.0 cm³/mol. The number of nitrogens with one attached hydrogen (secondary N) is 1. The molecular weight excluding hydrogens is 286 g/mol. The molecule has 0 radical (unpaired) electrons. The van der Waals surface area contributed by atoms with Gasteiger partial charge in [-0.2, -0.15) is 0 Å². The van der Waals surface area contributed by atoms with Crippen LogP contribution in [0.1, 0.15) is 30.5 Å². The summed E-state index contributed by atoms with van der Waals surface area (Å²) in [7, 11) is 1.67. The highest BCUT2D eigenvalue weighted by molar-refractivity contribution is 6.31. The van der Waals surface area contributed by atoms with Crippen LogP contribution >= 0.6 is 11.6 Å². The van der Waals surface area contributed by atoms with Crippen LogP contribution in [0, 0.1) is 0 Å². The summed E-state index contributed by atoms with van der Waals surface area (Å²) in [6.45, 7) is 2.61. The summed E-state index contributed by atoms with van der Waals surface area (Å²) in [5, 5.41) is 13.9. The highest BCUT2D eigenvalue weighted by Gasteiger charge is 2.15. The second-order valence-corrected chi connectivity index (χ2v) is 5.23. The molecule has 0 aliphatic rings. The van der Waals surface area contributed by atoms with Crippen LogP contribution in [-0.4, -0.2) is 12.2 Å². The fraction of sp³-hybridized carbons (Fsp3) is 0.294. The van der Waals surface area contributed by atoms with Gasteiger partial charge in [-0.3, -0.25) is 0 Å². The standard InChI is InChI=1S/C17H20ClNO2/c1-3-15(12-7-4-5-10-17(12)21-2)19-11-13-14(18)8-6-9-16(13)20/h4-10,15,19-20H,3,11H2,1-2H3. The quantitative estimate of drug-likeness (QED) is 0.836. The molecule has 0 saturated heterocycles. The van der Waals surface area contributed by atoms with Crippen molar-refractivity contribution in [3.63, 3.8) is 0 Å². The van der Waals surface area contributed by atoms with E-state index in [1.165, 1.54) is 0 Å². The van der Waals surface area contributed by atoms with Gasteiger partial charge in [0, 0.05) is 28.7 Å². The van der Waals surface area contributed by atoms with Gasteiger partial charge in [-0.05, 0) is 24.6 Å². The fourth-order valence-electron chi connectivity index (χ4n) is 2.38. The maximum absolute atomic E-state index is 9.90. The van der Waals surface area contributed by atoms with E-state index in [1.807, 2.05) is 24.3 Å². The summed E-state index contributed by atoms with van der Waals surface area (Å²) < 4.78 is 5.41. The van der Waals surface area contributed by atoms with Gasteiger partial charge in [0.15, 0.2) is 0 Å². The lowest BCUT2D eigenvalue weighted by atomic mass is 10.0. The topological polar surface area (TPSA) is 41.5 Å². The Labute approximate surface area is 130 Å². The Balaban J connectivity index is 2.17. The van der Waals surface area contributed by atoms with Crippen LogP contribution in [0.3, 0.4) is 0 Å². The van der Waals surface area contributed by atoms with Crippen LogP contribution in [0.4, 0.5) is 0 Å². The average Bonchev–Trinajstić information content (AvgIpc) is 2.50. The first-order valence-corrected chi connectivity index (χ1v) is 7.37. The van der Waals surface area contributed by atoms with Crippen molar-refractivity contribution in [1.82, 2.24) is 5.32 Å². The molecule has 1 unspecified atom stereocenters. The van der Waals surface area contributed by atoms with Gasteiger partial charge >= 0.3 is 0 Å². The van der Waals surface area contributed by atoms with E-state index in [1.54, 1.807) is 25.3 Å². The van der Waals surface area contributed by atoms with Gasteiger partial charge in [-0.15, -0.1) is 0 Å². The van der Waals surface area contributed by atoms with Gasteiger partial charge in [0.1, 0.15) is 11.5 Å². The lowest BCUT2D eigenvalue weighted by Gasteiger charge is -2.20. The second-order valence-electron chi connectivity index (χ2n) is 4.82. The number of halogens is 1. The minimum atomic E-state index is 0.136. The van der Waals surface area contributed by atoms with E-state index in [-0.39, 0.29) is 11.8 Å². The molecule has 0 bridgehead atoms. The zero-order chi connectivity index (χ0) is 15.2. The third-order valence-electron chi connectivity index (χ3n) is 3.54. The summed E-state index contributed by atoms with van der Waals surface area (Å²) in [5.74, 6) is 1.07. The fourth-order valence-corrected chi connectivity index (χ4v) is 2.61. The van der Waals surface area contributed by atoms with Crippen molar-refractivity contribution in [2.75, 3.05) is 7.11 Å². The molecule has 0 aliphatic carbocycles. The number of methoxy groups -OCH3 is 1. The van der Waals surface area contributed by atoms with Crippen molar-refractivity contribution in [1.29, 1.82) is 0 Å². The second kappa shape index (κ2) is 7.34. The van der Waals surface area contributed by atoms with Crippen molar-refractivity contribution in [3.05, 3.63) is 58.6 Å². The summed E-state index contributed by atoms with van der Waals surface area (Å²) in [6, 6.07) is 13.2. The highest BCUT2D eigenvalue weighted by atomic mass is 35.5. The van der Waals surface area contributed by atoms with Crippen LogP contribution in [0.2, 0.25) is 5.02 Å². The van der Waals surface area contributed by atoms with Crippen LogP contribution in [-0.2, 0) is 6.54 Å². The Morgan fingerprint density at radius 3 is 2.62 bits per heavy atom. The number of phenolic OH excluding ortho intramolecular Hbond substituents is 1. The number of para-hydroxylation sites is 1. The third-order valence-corrected chi connectivity index (χ3v) is 3.90. The summed E-state index contributed by atoms with van der Waals surface area (Å²) >= 11 is 6.14. The molecule has 3 nitrogen and oxygen atoms in total. The van der Waals surface area contributed by atoms with Gasteiger partial charge in [0.2, 0.25) is 0 Å². The maximum atomic E-state index is 9.90. The lowest BCUT2D eigenvalue weighted by molar-refractivity contribution is 0.395. The molecule has 2 aromatic carbocycles. The van der Waals surface area contributed by atoms with Crippen molar-refractivity contribution >= 4 is 11.6 Å². The van der Waals surface area contributed by atoms with E-state index in [9.17, 15) is 5.11 Å². The average molecular weight is 306 g/mol. The largest absolute Gasteiger partial charge is 0.508 e. The Morgan fingerprint density at radius 2 is 1.95 bits per heavy atom. The highest BCUT2D eigenvalue weighted by Crippen LogP contribution is 2.29. The molecular formula is C17H20ClNO2. The van der Waals surface area contributed by atoms with E-state index < -0.39 is 0 Å². The first-order valence-electron chi connectivity index (χ1n) is 7.00. The maximum Gasteiger partial charge on any atom is 0.123 e. The van der Waals surface area contributed by atoms with Crippen molar-refractivity contribution < 1.29 is 9.84 Å². The molecule has 0 heterocycles. The molecule has 0 saturated carbocycles. The van der Waals surface area contributed by atoms with Gasteiger partial charge < -0.3 is 15.2 Å². The summed E-state index contributed by atoms with van der Waals surface area (Å²) in [6.07, 6.45) is 0.908. The lowest BCUT2D eigenvalue weighted by Crippen LogP contribution is -2.21. The molecule has 0 fully saturated rings. The van der Waals surface area contributed by atoms with E-state index in [2.05, 4.69) is 12.2 Å². The molecule has 2 N–H and O–H groups in total. The summed E-state index contributed by atoms with van der Waals surface area (Å²) in [5.41, 5.74) is 1.82. The van der Waals surface area contributed by atoms with E-state index >= 15 is 0 Å². The Kier molecular flexibility index (Phi) is 5.48. The zero-order valence-electron chi connectivity index (χ0n) is 12.3. The molecule has 0 amide bonds. The third kappa shape index (κ3) is 3.69. The zero-order valence-corrected chi connectivity index (χ0v) is 13.0. The Morgan fingerprint density at radius 1 is 1.19 bits per heavy atom. The van der Waals surface area contributed by atoms with E-state index in [0.29, 0.717) is 17.1 Å². The number of phenols is 1. The molecule has 4 heteroatoms. The Bertz CT molecular complexity index is 581. The monoisotopic (exact) mass is 305 g/mol. The number of rotatable bonds is 6. The van der Waals surface area contributed by atoms with Crippen LogP contribution in [0.25, 0.3) is 0 Å². The first-order chi connectivity index (χ1) is 10.2. The summed E-state index contributed by atoms with van der Waals surface area (Å²) in [4.78, 5) is 0. The van der Waals surface area contributed by atoms with Gasteiger partial charge in [-0.1, -0.05) is 42.8 Å². The van der Waals surface area contributed by atoms with Crippen molar-refractivity contribution in [3.8, 4) is 11.5 Å². The molecule has 0 aliphatic heterocycles. The molecule has 1 atom stereocenters. The number of ether oxygens (including phenoxy) is 1. The normalized spacial score (nSPS) is 12.1. The van der Waals surface area contributed by atoms with Gasteiger partial charge in [-0.25, -0.2) is 0 Å². The SMILES string of the molecule is CCC(NCc1c(O)cccc1Cl)c1ccccc1OC. The van der Waals surface area contributed by atoms with E-state index in [0.717, 1.165) is 17.7 Å². The molecule has 112 valence electrons. The molecule has 2 aromatic rings.